The average molecular weight is 313 g/mol. The van der Waals surface area contributed by atoms with Crippen LogP contribution in [0.4, 0.5) is 0 Å². The van der Waals surface area contributed by atoms with Gasteiger partial charge in [-0.3, -0.25) is 0 Å². The predicted octanol–water partition coefficient (Wildman–Crippen LogP) is 2.39. The SMILES string of the molecule is COc1ccc(C2C=C(N)ON2Cc2ccccc2OC)cn1. The van der Waals surface area contributed by atoms with Crippen molar-refractivity contribution in [1.82, 2.24) is 10.0 Å². The largest absolute Gasteiger partial charge is 0.496 e. The molecule has 0 saturated heterocycles. The first kappa shape index (κ1) is 15.2. The van der Waals surface area contributed by atoms with E-state index in [4.69, 9.17) is 20.0 Å². The smallest absolute Gasteiger partial charge is 0.212 e. The van der Waals surface area contributed by atoms with Crippen molar-refractivity contribution in [2.24, 2.45) is 5.73 Å². The Kier molecular flexibility index (Phi) is 4.34. The minimum absolute atomic E-state index is 0.113. The van der Waals surface area contributed by atoms with Gasteiger partial charge in [-0.15, -0.1) is 5.06 Å². The molecule has 3 rings (SSSR count). The van der Waals surface area contributed by atoms with Crippen molar-refractivity contribution in [2.75, 3.05) is 14.2 Å². The van der Waals surface area contributed by atoms with Crippen molar-refractivity contribution in [3.05, 3.63) is 65.7 Å². The minimum atomic E-state index is -0.113. The molecular weight excluding hydrogens is 294 g/mol. The van der Waals surface area contributed by atoms with Crippen molar-refractivity contribution in [1.29, 1.82) is 0 Å². The molecule has 1 aliphatic heterocycles. The van der Waals surface area contributed by atoms with Crippen LogP contribution in [0, 0.1) is 0 Å². The molecule has 2 N–H and O–H groups in total. The van der Waals surface area contributed by atoms with Gasteiger partial charge in [0.25, 0.3) is 0 Å². The molecule has 1 aromatic carbocycles. The van der Waals surface area contributed by atoms with E-state index in [1.54, 1.807) is 25.5 Å². The Morgan fingerprint density at radius 2 is 2.00 bits per heavy atom. The van der Waals surface area contributed by atoms with Crippen LogP contribution in [0.15, 0.2) is 54.6 Å². The zero-order valence-corrected chi connectivity index (χ0v) is 13.1. The topological polar surface area (TPSA) is 69.8 Å². The molecule has 0 bridgehead atoms. The molecule has 0 radical (unpaired) electrons. The molecule has 0 amide bonds. The summed E-state index contributed by atoms with van der Waals surface area (Å²) >= 11 is 0. The number of hydroxylamine groups is 2. The second kappa shape index (κ2) is 6.58. The van der Waals surface area contributed by atoms with E-state index in [0.29, 0.717) is 18.3 Å². The molecule has 23 heavy (non-hydrogen) atoms. The summed E-state index contributed by atoms with van der Waals surface area (Å²) in [5.74, 6) is 1.76. The molecule has 0 saturated carbocycles. The fourth-order valence-electron chi connectivity index (χ4n) is 2.54. The molecule has 0 fully saturated rings. The van der Waals surface area contributed by atoms with Gasteiger partial charge in [0.2, 0.25) is 11.8 Å². The number of nitrogens with zero attached hydrogens (tertiary/aromatic N) is 2. The van der Waals surface area contributed by atoms with E-state index in [9.17, 15) is 0 Å². The zero-order valence-electron chi connectivity index (χ0n) is 13.1. The van der Waals surface area contributed by atoms with Crippen molar-refractivity contribution >= 4 is 0 Å². The number of para-hydroxylation sites is 1. The van der Waals surface area contributed by atoms with Crippen LogP contribution in [0.3, 0.4) is 0 Å². The van der Waals surface area contributed by atoms with Gasteiger partial charge in [-0.25, -0.2) is 4.98 Å². The highest BCUT2D eigenvalue weighted by molar-refractivity contribution is 5.34. The van der Waals surface area contributed by atoms with Gasteiger partial charge in [0.05, 0.1) is 26.8 Å². The molecule has 120 valence electrons. The maximum absolute atomic E-state index is 5.85. The average Bonchev–Trinajstić information content (AvgIpc) is 2.96. The van der Waals surface area contributed by atoms with Gasteiger partial charge in [0.1, 0.15) is 5.75 Å². The number of benzene rings is 1. The van der Waals surface area contributed by atoms with Crippen LogP contribution in [-0.4, -0.2) is 24.3 Å². The molecule has 6 nitrogen and oxygen atoms in total. The van der Waals surface area contributed by atoms with Crippen LogP contribution >= 0.6 is 0 Å². The Labute approximate surface area is 135 Å². The van der Waals surface area contributed by atoms with Crippen LogP contribution in [0.25, 0.3) is 0 Å². The number of ether oxygens (including phenoxy) is 2. The lowest BCUT2D eigenvalue weighted by Gasteiger charge is -2.23. The highest BCUT2D eigenvalue weighted by Gasteiger charge is 2.28. The van der Waals surface area contributed by atoms with E-state index in [2.05, 4.69) is 4.98 Å². The summed E-state index contributed by atoms with van der Waals surface area (Å²) in [6, 6.07) is 11.5. The zero-order chi connectivity index (χ0) is 16.2. The predicted molar refractivity (Wildman–Crippen MR) is 85.4 cm³/mol. The lowest BCUT2D eigenvalue weighted by atomic mass is 10.1. The summed E-state index contributed by atoms with van der Waals surface area (Å²) in [5, 5.41) is 1.80. The highest BCUT2D eigenvalue weighted by Crippen LogP contribution is 2.32. The van der Waals surface area contributed by atoms with Crippen molar-refractivity contribution < 1.29 is 14.3 Å². The Hall–Kier alpha value is -2.73. The Bertz CT molecular complexity index is 700. The Morgan fingerprint density at radius 1 is 1.17 bits per heavy atom. The van der Waals surface area contributed by atoms with Crippen LogP contribution < -0.4 is 15.2 Å². The summed E-state index contributed by atoms with van der Waals surface area (Å²) in [5.41, 5.74) is 7.85. The number of nitrogens with two attached hydrogens (primary N) is 1. The monoisotopic (exact) mass is 313 g/mol. The van der Waals surface area contributed by atoms with Crippen molar-refractivity contribution in [3.8, 4) is 11.6 Å². The number of hydrogen-bond donors (Lipinski definition) is 1. The van der Waals surface area contributed by atoms with Gasteiger partial charge < -0.3 is 20.0 Å². The van der Waals surface area contributed by atoms with E-state index in [1.165, 1.54) is 0 Å². The van der Waals surface area contributed by atoms with Gasteiger partial charge >= 0.3 is 0 Å². The maximum atomic E-state index is 5.85. The molecule has 1 aliphatic rings. The van der Waals surface area contributed by atoms with E-state index in [0.717, 1.165) is 16.9 Å². The third-order valence-corrected chi connectivity index (χ3v) is 3.68. The van der Waals surface area contributed by atoms with E-state index >= 15 is 0 Å². The third-order valence-electron chi connectivity index (χ3n) is 3.68. The number of aromatic nitrogens is 1. The van der Waals surface area contributed by atoms with Crippen molar-refractivity contribution in [2.45, 2.75) is 12.6 Å². The number of methoxy groups -OCH3 is 2. The van der Waals surface area contributed by atoms with Gasteiger partial charge in [-0.2, -0.15) is 0 Å². The molecule has 1 atom stereocenters. The molecule has 0 aliphatic carbocycles. The number of rotatable bonds is 5. The molecule has 6 heteroatoms. The maximum Gasteiger partial charge on any atom is 0.212 e. The number of pyridine rings is 1. The summed E-state index contributed by atoms with van der Waals surface area (Å²) in [4.78, 5) is 9.89. The normalized spacial score (nSPS) is 17.5. The quantitative estimate of drug-likeness (QED) is 0.914. The van der Waals surface area contributed by atoms with Crippen LogP contribution in [0.5, 0.6) is 11.6 Å². The van der Waals surface area contributed by atoms with Crippen LogP contribution in [-0.2, 0) is 11.4 Å². The van der Waals surface area contributed by atoms with Gasteiger partial charge in [-0.05, 0) is 11.6 Å². The number of hydrogen-bond acceptors (Lipinski definition) is 6. The Morgan fingerprint density at radius 3 is 2.70 bits per heavy atom. The molecule has 2 aromatic rings. The lowest BCUT2D eigenvalue weighted by Crippen LogP contribution is -2.23. The van der Waals surface area contributed by atoms with Crippen LogP contribution in [0.1, 0.15) is 17.2 Å². The Balaban J connectivity index is 1.83. The minimum Gasteiger partial charge on any atom is -0.496 e. The fraction of sp³-hybridized carbons (Fsp3) is 0.235. The lowest BCUT2D eigenvalue weighted by molar-refractivity contribution is -0.128. The van der Waals surface area contributed by atoms with E-state index in [1.807, 2.05) is 42.5 Å². The first-order chi connectivity index (χ1) is 11.2. The standard InChI is InChI=1S/C17H19N3O3/c1-21-15-6-4-3-5-13(15)11-20-14(9-16(18)23-20)12-7-8-17(22-2)19-10-12/h3-10,14H,11,18H2,1-2H3. The fourth-order valence-corrected chi connectivity index (χ4v) is 2.54. The first-order valence-electron chi connectivity index (χ1n) is 7.25. The third kappa shape index (κ3) is 3.22. The summed E-state index contributed by atoms with van der Waals surface area (Å²) in [7, 11) is 3.24. The second-order valence-electron chi connectivity index (χ2n) is 5.13. The summed E-state index contributed by atoms with van der Waals surface area (Å²) < 4.78 is 10.5. The molecule has 2 heterocycles. The molecule has 1 unspecified atom stereocenters. The molecule has 0 spiro atoms. The van der Waals surface area contributed by atoms with Crippen LogP contribution in [0.2, 0.25) is 0 Å². The van der Waals surface area contributed by atoms with Crippen molar-refractivity contribution in [3.63, 3.8) is 0 Å². The summed E-state index contributed by atoms with van der Waals surface area (Å²) in [6.07, 6.45) is 3.62. The second-order valence-corrected chi connectivity index (χ2v) is 5.13. The highest BCUT2D eigenvalue weighted by atomic mass is 16.7. The van der Waals surface area contributed by atoms with Gasteiger partial charge in [-0.1, -0.05) is 24.3 Å². The summed E-state index contributed by atoms with van der Waals surface area (Å²) in [6.45, 7) is 0.540. The van der Waals surface area contributed by atoms with E-state index in [-0.39, 0.29) is 6.04 Å². The molecular formula is C17H19N3O3. The first-order valence-corrected chi connectivity index (χ1v) is 7.25. The van der Waals surface area contributed by atoms with E-state index < -0.39 is 0 Å². The van der Waals surface area contributed by atoms with Gasteiger partial charge in [0, 0.05) is 23.9 Å². The van der Waals surface area contributed by atoms with Gasteiger partial charge in [0.15, 0.2) is 0 Å². The molecule has 1 aromatic heterocycles.